The average Bonchev–Trinajstić information content (AvgIpc) is 2.63. The Hall–Kier alpha value is -2.40. The number of methoxy groups -OCH3 is 1. The number of nitrogens with zero attached hydrogens (tertiary/aromatic N) is 1. The Balaban J connectivity index is 1.54. The average molecular weight is 313 g/mol. The van der Waals surface area contributed by atoms with Crippen molar-refractivity contribution in [1.82, 2.24) is 4.90 Å². The van der Waals surface area contributed by atoms with Crippen LogP contribution in [0.2, 0.25) is 0 Å². The summed E-state index contributed by atoms with van der Waals surface area (Å²) in [5.41, 5.74) is 2.06. The van der Waals surface area contributed by atoms with E-state index in [1.165, 1.54) is 10.5 Å². The van der Waals surface area contributed by atoms with Gasteiger partial charge in [-0.2, -0.15) is 0 Å². The lowest BCUT2D eigenvalue weighted by Crippen LogP contribution is -3.13. The number of amides is 1. The Bertz CT molecular complexity index is 635. The maximum atomic E-state index is 12.5. The maximum Gasteiger partial charge on any atom is 0.254 e. The second-order valence-electron chi connectivity index (χ2n) is 5.86. The van der Waals surface area contributed by atoms with Gasteiger partial charge in [-0.1, -0.05) is 0 Å². The summed E-state index contributed by atoms with van der Waals surface area (Å²) in [6.07, 6.45) is 3.91. The van der Waals surface area contributed by atoms with Crippen molar-refractivity contribution >= 4 is 5.91 Å². The number of benzene rings is 1. The molecule has 5 nitrogen and oxygen atoms in total. The molecule has 0 atom stereocenters. The molecule has 0 bridgehead atoms. The Kier molecular flexibility index (Phi) is 4.88. The number of carbonyl (C=O) groups excluding carboxylic acids is 1. The van der Waals surface area contributed by atoms with Gasteiger partial charge in [0.1, 0.15) is 12.3 Å². The summed E-state index contributed by atoms with van der Waals surface area (Å²) in [5, 5.41) is 0. The van der Waals surface area contributed by atoms with Crippen molar-refractivity contribution in [3.63, 3.8) is 0 Å². The molecule has 1 fully saturated rings. The Morgan fingerprint density at radius 2 is 1.78 bits per heavy atom. The van der Waals surface area contributed by atoms with Crippen LogP contribution < -0.4 is 14.6 Å². The number of rotatable bonds is 4. The van der Waals surface area contributed by atoms with Crippen LogP contribution in [0.15, 0.2) is 48.8 Å². The van der Waals surface area contributed by atoms with Crippen molar-refractivity contribution in [1.29, 1.82) is 0 Å². The molecule has 23 heavy (non-hydrogen) atoms. The normalized spacial score (nSPS) is 15.4. The molecule has 0 saturated carbocycles. The van der Waals surface area contributed by atoms with Gasteiger partial charge >= 0.3 is 0 Å². The van der Waals surface area contributed by atoms with E-state index in [9.17, 15) is 4.79 Å². The van der Waals surface area contributed by atoms with Crippen LogP contribution in [0.3, 0.4) is 0 Å². The number of hydrogen-bond acceptors (Lipinski definition) is 2. The molecule has 1 saturated heterocycles. The van der Waals surface area contributed by atoms with Gasteiger partial charge in [0.25, 0.3) is 5.91 Å². The third kappa shape index (κ3) is 3.87. The number of aromatic amines is 1. The van der Waals surface area contributed by atoms with Crippen molar-refractivity contribution < 1.29 is 19.4 Å². The molecular weight excluding hydrogens is 290 g/mol. The number of piperazine rings is 1. The number of hydrogen-bond donors (Lipinski definition) is 1. The first-order valence-electron chi connectivity index (χ1n) is 7.98. The van der Waals surface area contributed by atoms with Gasteiger partial charge in [-0.05, 0) is 24.3 Å². The summed E-state index contributed by atoms with van der Waals surface area (Å²) in [5.74, 6) is 0.886. The van der Waals surface area contributed by atoms with Gasteiger partial charge in [0.2, 0.25) is 0 Å². The molecule has 1 aliphatic heterocycles. The Morgan fingerprint density at radius 1 is 1.13 bits per heavy atom. The summed E-state index contributed by atoms with van der Waals surface area (Å²) >= 11 is 0. The minimum Gasteiger partial charge on any atom is -0.497 e. The zero-order chi connectivity index (χ0) is 16.1. The monoisotopic (exact) mass is 313 g/mol. The van der Waals surface area contributed by atoms with Crippen molar-refractivity contribution in [3.8, 4) is 5.75 Å². The first kappa shape index (κ1) is 15.5. The Labute approximate surface area is 136 Å². The molecule has 2 aromatic rings. The van der Waals surface area contributed by atoms with Gasteiger partial charge in [0, 0.05) is 23.3 Å². The molecule has 0 aliphatic carbocycles. The van der Waals surface area contributed by atoms with E-state index in [1.54, 1.807) is 7.11 Å². The molecule has 1 amide bonds. The SMILES string of the molecule is COc1ccc(C(=O)N2CC[NH+](Cc3cc[nH+]cc3)CC2)cc1. The van der Waals surface area contributed by atoms with E-state index < -0.39 is 0 Å². The number of ether oxygens (including phenoxy) is 1. The molecule has 5 heteroatoms. The van der Waals surface area contributed by atoms with Gasteiger partial charge in [-0.3, -0.25) is 4.79 Å². The second-order valence-corrected chi connectivity index (χ2v) is 5.86. The minimum atomic E-state index is 0.112. The lowest BCUT2D eigenvalue weighted by Gasteiger charge is -2.32. The van der Waals surface area contributed by atoms with Gasteiger partial charge in [0.05, 0.1) is 33.3 Å². The van der Waals surface area contributed by atoms with Gasteiger partial charge in [0.15, 0.2) is 12.4 Å². The van der Waals surface area contributed by atoms with Crippen LogP contribution in [0, 0.1) is 0 Å². The van der Waals surface area contributed by atoms with Crippen molar-refractivity contribution in [2.45, 2.75) is 6.54 Å². The zero-order valence-electron chi connectivity index (χ0n) is 13.4. The minimum absolute atomic E-state index is 0.112. The number of nitrogens with one attached hydrogen (secondary N) is 2. The molecule has 120 valence electrons. The molecule has 2 N–H and O–H groups in total. The predicted molar refractivity (Wildman–Crippen MR) is 86.3 cm³/mol. The van der Waals surface area contributed by atoms with Gasteiger partial charge in [-0.15, -0.1) is 0 Å². The number of quaternary nitrogens is 1. The molecule has 0 spiro atoms. The third-order valence-corrected chi connectivity index (χ3v) is 4.34. The van der Waals surface area contributed by atoms with E-state index in [2.05, 4.69) is 17.1 Å². The summed E-state index contributed by atoms with van der Waals surface area (Å²) in [6.45, 7) is 4.60. The van der Waals surface area contributed by atoms with Crippen LogP contribution in [0.5, 0.6) is 5.75 Å². The molecule has 1 aliphatic rings. The zero-order valence-corrected chi connectivity index (χ0v) is 13.4. The first-order chi connectivity index (χ1) is 11.3. The van der Waals surface area contributed by atoms with Crippen LogP contribution in [0.25, 0.3) is 0 Å². The lowest BCUT2D eigenvalue weighted by molar-refractivity contribution is -0.917. The van der Waals surface area contributed by atoms with E-state index in [-0.39, 0.29) is 5.91 Å². The van der Waals surface area contributed by atoms with E-state index in [1.807, 2.05) is 41.6 Å². The topological polar surface area (TPSA) is 48.1 Å². The summed E-state index contributed by atoms with van der Waals surface area (Å²) in [7, 11) is 1.63. The highest BCUT2D eigenvalue weighted by atomic mass is 16.5. The standard InChI is InChI=1S/C18H21N3O2/c1-23-17-4-2-16(3-5-17)18(22)21-12-10-20(11-13-21)14-15-6-8-19-9-7-15/h2-9H,10-14H2,1H3/p+2. The predicted octanol–water partition coefficient (Wildman–Crippen LogP) is 0.0502. The largest absolute Gasteiger partial charge is 0.497 e. The third-order valence-electron chi connectivity index (χ3n) is 4.34. The number of aromatic nitrogens is 1. The molecule has 0 radical (unpaired) electrons. The number of pyridine rings is 1. The summed E-state index contributed by atoms with van der Waals surface area (Å²) < 4.78 is 5.13. The van der Waals surface area contributed by atoms with Crippen molar-refractivity contribution in [2.75, 3.05) is 33.3 Å². The molecule has 0 unspecified atom stereocenters. The lowest BCUT2D eigenvalue weighted by atomic mass is 10.1. The first-order valence-corrected chi connectivity index (χ1v) is 7.98. The van der Waals surface area contributed by atoms with Crippen LogP contribution in [-0.4, -0.2) is 44.1 Å². The van der Waals surface area contributed by atoms with Gasteiger partial charge in [-0.25, -0.2) is 4.98 Å². The summed E-state index contributed by atoms with van der Waals surface area (Å²) in [4.78, 5) is 19.1. The Morgan fingerprint density at radius 3 is 2.39 bits per heavy atom. The highest BCUT2D eigenvalue weighted by molar-refractivity contribution is 5.94. The molecule has 3 rings (SSSR count). The van der Waals surface area contributed by atoms with Crippen molar-refractivity contribution in [3.05, 3.63) is 59.9 Å². The maximum absolute atomic E-state index is 12.5. The van der Waals surface area contributed by atoms with Crippen LogP contribution >= 0.6 is 0 Å². The van der Waals surface area contributed by atoms with E-state index in [4.69, 9.17) is 4.74 Å². The van der Waals surface area contributed by atoms with E-state index >= 15 is 0 Å². The van der Waals surface area contributed by atoms with Gasteiger partial charge < -0.3 is 14.5 Å². The highest BCUT2D eigenvalue weighted by Gasteiger charge is 2.24. The smallest absolute Gasteiger partial charge is 0.254 e. The van der Waals surface area contributed by atoms with Crippen molar-refractivity contribution in [2.24, 2.45) is 0 Å². The van der Waals surface area contributed by atoms with Crippen LogP contribution in [0.1, 0.15) is 15.9 Å². The van der Waals surface area contributed by atoms with Crippen LogP contribution in [0.4, 0.5) is 0 Å². The second kappa shape index (κ2) is 7.24. The summed E-state index contributed by atoms with van der Waals surface area (Å²) in [6, 6.07) is 11.6. The fourth-order valence-electron chi connectivity index (χ4n) is 2.95. The highest BCUT2D eigenvalue weighted by Crippen LogP contribution is 2.13. The molecule has 1 aromatic heterocycles. The fraction of sp³-hybridized carbons (Fsp3) is 0.333. The van der Waals surface area contributed by atoms with E-state index in [0.717, 1.165) is 44.0 Å². The molecular formula is C18H23N3O2+2. The number of carbonyl (C=O) groups is 1. The molecule has 2 heterocycles. The fourth-order valence-corrected chi connectivity index (χ4v) is 2.95. The van der Waals surface area contributed by atoms with E-state index in [0.29, 0.717) is 0 Å². The molecule has 1 aromatic carbocycles. The quantitative estimate of drug-likeness (QED) is 0.867. The van der Waals surface area contributed by atoms with Crippen LogP contribution in [-0.2, 0) is 6.54 Å². The number of H-pyrrole nitrogens is 1.